The molecule has 0 bridgehead atoms. The summed E-state index contributed by atoms with van der Waals surface area (Å²) in [6.45, 7) is 2.76. The van der Waals surface area contributed by atoms with E-state index in [9.17, 15) is 0 Å². The Hall–Kier alpha value is -1.66. The lowest BCUT2D eigenvalue weighted by Gasteiger charge is -2.13. The minimum absolute atomic E-state index is 0.275. The Bertz CT molecular complexity index is 541. The third kappa shape index (κ3) is 4.68. The van der Waals surface area contributed by atoms with Crippen molar-refractivity contribution in [2.75, 3.05) is 19.0 Å². The lowest BCUT2D eigenvalue weighted by Crippen LogP contribution is -2.28. The molecule has 0 fully saturated rings. The Morgan fingerprint density at radius 2 is 2.10 bits per heavy atom. The molecule has 2 aromatic rings. The Labute approximate surface area is 129 Å². The van der Waals surface area contributed by atoms with Crippen molar-refractivity contribution in [2.24, 2.45) is 5.73 Å². The molecule has 0 radical (unpaired) electrons. The van der Waals surface area contributed by atoms with E-state index in [1.54, 1.807) is 7.11 Å². The maximum Gasteiger partial charge on any atom is 0.202 e. The number of anilines is 1. The molecule has 1 atom stereocenters. The Morgan fingerprint density at radius 1 is 1.33 bits per heavy atom. The Kier molecular flexibility index (Phi) is 5.95. The number of ether oxygens (including phenoxy) is 1. The molecular weight excluding hydrogens is 284 g/mol. The van der Waals surface area contributed by atoms with Crippen molar-refractivity contribution < 1.29 is 4.74 Å². The molecular formula is C15H22N4OS. The fraction of sp³-hybridized carbons (Fsp3) is 0.467. The number of nitrogens with zero attached hydrogens (tertiary/aromatic N) is 2. The van der Waals surface area contributed by atoms with Gasteiger partial charge in [0.1, 0.15) is 11.6 Å². The van der Waals surface area contributed by atoms with Crippen molar-refractivity contribution in [3.8, 4) is 5.75 Å². The molecule has 114 valence electrons. The fourth-order valence-corrected chi connectivity index (χ4v) is 2.75. The standard InChI is InChI=1S/C15H22N4OS/c1-3-4-12(10-16)17-15-18-14(19-21-15)9-11-5-7-13(20-2)8-6-11/h5-8,12H,3-4,9-10,16H2,1-2H3,(H,17,18,19). The highest BCUT2D eigenvalue weighted by molar-refractivity contribution is 7.09. The van der Waals surface area contributed by atoms with E-state index < -0.39 is 0 Å². The second-order valence-electron chi connectivity index (χ2n) is 4.91. The van der Waals surface area contributed by atoms with Crippen molar-refractivity contribution in [3.05, 3.63) is 35.7 Å². The first kappa shape index (κ1) is 15.7. The molecule has 6 heteroatoms. The van der Waals surface area contributed by atoms with Gasteiger partial charge in [-0.25, -0.2) is 4.98 Å². The van der Waals surface area contributed by atoms with Crippen molar-refractivity contribution in [3.63, 3.8) is 0 Å². The van der Waals surface area contributed by atoms with Gasteiger partial charge >= 0.3 is 0 Å². The topological polar surface area (TPSA) is 73.1 Å². The molecule has 5 nitrogen and oxygen atoms in total. The zero-order chi connectivity index (χ0) is 15.1. The minimum Gasteiger partial charge on any atom is -0.497 e. The molecule has 1 heterocycles. The van der Waals surface area contributed by atoms with E-state index in [4.69, 9.17) is 10.5 Å². The monoisotopic (exact) mass is 306 g/mol. The van der Waals surface area contributed by atoms with E-state index in [1.165, 1.54) is 17.1 Å². The fourth-order valence-electron chi connectivity index (χ4n) is 2.08. The number of methoxy groups -OCH3 is 1. The molecule has 0 aliphatic carbocycles. The molecule has 21 heavy (non-hydrogen) atoms. The summed E-state index contributed by atoms with van der Waals surface area (Å²) in [7, 11) is 1.67. The molecule has 3 N–H and O–H groups in total. The summed E-state index contributed by atoms with van der Waals surface area (Å²) >= 11 is 1.39. The first-order chi connectivity index (χ1) is 10.2. The van der Waals surface area contributed by atoms with Crippen LogP contribution in [-0.2, 0) is 6.42 Å². The number of hydrogen-bond donors (Lipinski definition) is 2. The maximum absolute atomic E-state index is 5.75. The summed E-state index contributed by atoms with van der Waals surface area (Å²) in [5.74, 6) is 1.69. The summed E-state index contributed by atoms with van der Waals surface area (Å²) in [6, 6.07) is 8.25. The smallest absolute Gasteiger partial charge is 0.202 e. The second-order valence-corrected chi connectivity index (χ2v) is 5.66. The highest BCUT2D eigenvalue weighted by Gasteiger charge is 2.10. The first-order valence-corrected chi connectivity index (χ1v) is 7.94. The first-order valence-electron chi connectivity index (χ1n) is 7.17. The van der Waals surface area contributed by atoms with Crippen molar-refractivity contribution in [1.82, 2.24) is 9.36 Å². The minimum atomic E-state index is 0.275. The number of hydrogen-bond acceptors (Lipinski definition) is 6. The van der Waals surface area contributed by atoms with Gasteiger partial charge in [-0.15, -0.1) is 0 Å². The summed E-state index contributed by atoms with van der Waals surface area (Å²) in [4.78, 5) is 4.53. The van der Waals surface area contributed by atoms with Gasteiger partial charge in [0.05, 0.1) is 7.11 Å². The highest BCUT2D eigenvalue weighted by atomic mass is 32.1. The molecule has 0 amide bonds. The van der Waals surface area contributed by atoms with Crippen LogP contribution in [0.25, 0.3) is 0 Å². The predicted octanol–water partition coefficient (Wildman–Crippen LogP) is 2.68. The van der Waals surface area contributed by atoms with Gasteiger partial charge in [-0.3, -0.25) is 0 Å². The van der Waals surface area contributed by atoms with Crippen LogP contribution in [0.15, 0.2) is 24.3 Å². The van der Waals surface area contributed by atoms with E-state index in [0.29, 0.717) is 6.54 Å². The molecule has 0 aliphatic rings. The highest BCUT2D eigenvalue weighted by Crippen LogP contribution is 2.17. The van der Waals surface area contributed by atoms with Crippen LogP contribution in [-0.4, -0.2) is 29.1 Å². The van der Waals surface area contributed by atoms with Gasteiger partial charge < -0.3 is 15.8 Å². The van der Waals surface area contributed by atoms with Crippen LogP contribution in [0.2, 0.25) is 0 Å². The molecule has 2 rings (SSSR count). The Balaban J connectivity index is 1.95. The molecule has 1 aromatic heterocycles. The zero-order valence-electron chi connectivity index (χ0n) is 12.5. The molecule has 1 unspecified atom stereocenters. The van der Waals surface area contributed by atoms with Gasteiger partial charge in [-0.2, -0.15) is 4.37 Å². The van der Waals surface area contributed by atoms with Crippen LogP contribution < -0.4 is 15.8 Å². The van der Waals surface area contributed by atoms with E-state index in [2.05, 4.69) is 21.6 Å². The van der Waals surface area contributed by atoms with E-state index in [-0.39, 0.29) is 6.04 Å². The van der Waals surface area contributed by atoms with E-state index in [1.807, 2.05) is 24.3 Å². The summed E-state index contributed by atoms with van der Waals surface area (Å²) in [5.41, 5.74) is 6.92. The van der Waals surface area contributed by atoms with E-state index >= 15 is 0 Å². The number of nitrogens with two attached hydrogens (primary N) is 1. The van der Waals surface area contributed by atoms with Crippen molar-refractivity contribution in [2.45, 2.75) is 32.2 Å². The van der Waals surface area contributed by atoms with Gasteiger partial charge in [0.2, 0.25) is 5.13 Å². The lowest BCUT2D eigenvalue weighted by atomic mass is 10.1. The van der Waals surface area contributed by atoms with Crippen molar-refractivity contribution >= 4 is 16.7 Å². The van der Waals surface area contributed by atoms with Gasteiger partial charge in [-0.05, 0) is 24.1 Å². The third-order valence-electron chi connectivity index (χ3n) is 3.24. The molecule has 0 spiro atoms. The van der Waals surface area contributed by atoms with Crippen LogP contribution >= 0.6 is 11.5 Å². The summed E-state index contributed by atoms with van der Waals surface area (Å²) < 4.78 is 9.55. The zero-order valence-corrected chi connectivity index (χ0v) is 13.3. The largest absolute Gasteiger partial charge is 0.497 e. The van der Waals surface area contributed by atoms with E-state index in [0.717, 1.165) is 36.0 Å². The van der Waals surface area contributed by atoms with Crippen LogP contribution in [0.1, 0.15) is 31.2 Å². The second kappa shape index (κ2) is 7.95. The normalized spacial score (nSPS) is 12.1. The number of aromatic nitrogens is 2. The van der Waals surface area contributed by atoms with Crippen LogP contribution in [0, 0.1) is 0 Å². The summed E-state index contributed by atoms with van der Waals surface area (Å²) in [6.07, 6.45) is 2.87. The quantitative estimate of drug-likeness (QED) is 0.784. The van der Waals surface area contributed by atoms with Gasteiger partial charge in [-0.1, -0.05) is 25.5 Å². The average Bonchev–Trinajstić information content (AvgIpc) is 2.94. The van der Waals surface area contributed by atoms with Crippen molar-refractivity contribution in [1.29, 1.82) is 0 Å². The lowest BCUT2D eigenvalue weighted by molar-refractivity contribution is 0.414. The average molecular weight is 306 g/mol. The number of nitrogens with one attached hydrogen (secondary N) is 1. The Morgan fingerprint density at radius 3 is 2.71 bits per heavy atom. The molecule has 0 saturated heterocycles. The molecule has 0 aliphatic heterocycles. The predicted molar refractivity (Wildman–Crippen MR) is 87.1 cm³/mol. The van der Waals surface area contributed by atoms with Gasteiger partial charge in [0.25, 0.3) is 0 Å². The third-order valence-corrected chi connectivity index (χ3v) is 3.92. The van der Waals surface area contributed by atoms with Crippen LogP contribution in [0.4, 0.5) is 5.13 Å². The van der Waals surface area contributed by atoms with Gasteiger partial charge in [0, 0.05) is 30.5 Å². The molecule has 1 aromatic carbocycles. The molecule has 0 saturated carbocycles. The number of benzene rings is 1. The number of rotatable bonds is 8. The summed E-state index contributed by atoms with van der Waals surface area (Å²) in [5, 5.41) is 4.20. The van der Waals surface area contributed by atoms with Gasteiger partial charge in [0.15, 0.2) is 0 Å². The SMILES string of the molecule is CCCC(CN)Nc1nc(Cc2ccc(OC)cc2)ns1. The van der Waals surface area contributed by atoms with Crippen LogP contribution in [0.3, 0.4) is 0 Å². The van der Waals surface area contributed by atoms with Crippen LogP contribution in [0.5, 0.6) is 5.75 Å². The maximum atomic E-state index is 5.75.